The van der Waals surface area contributed by atoms with E-state index in [4.69, 9.17) is 11.6 Å². The number of nitrogens with one attached hydrogen (secondary N) is 1. The quantitative estimate of drug-likeness (QED) is 0.268. The maximum Gasteiger partial charge on any atom is 0.224 e. The largest absolute Gasteiger partial charge is 0.367 e. The highest BCUT2D eigenvalue weighted by Crippen LogP contribution is 2.40. The SMILES string of the molecule is CC(C[C@H]1CC[C@@H](c2ccnc3ccc(F)cc32)CC1)Nc1nc(Cl)nc2cc(Br)ccc12. The van der Waals surface area contributed by atoms with Crippen LogP contribution in [-0.4, -0.2) is 21.0 Å². The Labute approximate surface area is 206 Å². The van der Waals surface area contributed by atoms with E-state index in [0.717, 1.165) is 64.2 Å². The van der Waals surface area contributed by atoms with E-state index in [1.54, 1.807) is 12.1 Å². The van der Waals surface area contributed by atoms with Gasteiger partial charge in [0.05, 0.1) is 11.0 Å². The first-order valence-electron chi connectivity index (χ1n) is 11.4. The zero-order valence-electron chi connectivity index (χ0n) is 18.4. The van der Waals surface area contributed by atoms with Crippen LogP contribution in [0.1, 0.15) is 50.5 Å². The molecule has 0 bridgehead atoms. The lowest BCUT2D eigenvalue weighted by molar-refractivity contribution is 0.302. The van der Waals surface area contributed by atoms with Crippen molar-refractivity contribution in [2.45, 2.75) is 51.0 Å². The van der Waals surface area contributed by atoms with Gasteiger partial charge < -0.3 is 5.32 Å². The maximum atomic E-state index is 13.9. The van der Waals surface area contributed by atoms with Crippen molar-refractivity contribution in [3.8, 4) is 0 Å². The molecule has 2 aromatic carbocycles. The highest BCUT2D eigenvalue weighted by Gasteiger charge is 2.25. The Hall–Kier alpha value is -2.31. The molecule has 2 heterocycles. The molecule has 1 aliphatic rings. The summed E-state index contributed by atoms with van der Waals surface area (Å²) in [6.07, 6.45) is 7.47. The van der Waals surface area contributed by atoms with Gasteiger partial charge in [0.2, 0.25) is 5.28 Å². The van der Waals surface area contributed by atoms with Crippen LogP contribution in [0.2, 0.25) is 5.28 Å². The Morgan fingerprint density at radius 2 is 1.85 bits per heavy atom. The van der Waals surface area contributed by atoms with Gasteiger partial charge in [-0.3, -0.25) is 4.98 Å². The Morgan fingerprint density at radius 1 is 1.03 bits per heavy atom. The lowest BCUT2D eigenvalue weighted by Crippen LogP contribution is -2.23. The molecule has 2 aromatic heterocycles. The summed E-state index contributed by atoms with van der Waals surface area (Å²) in [5.41, 5.74) is 2.93. The molecule has 1 fully saturated rings. The number of rotatable bonds is 5. The van der Waals surface area contributed by atoms with Gasteiger partial charge in [0.1, 0.15) is 11.6 Å². The predicted molar refractivity (Wildman–Crippen MR) is 136 cm³/mol. The number of anilines is 1. The van der Waals surface area contributed by atoms with Crippen LogP contribution < -0.4 is 5.32 Å². The van der Waals surface area contributed by atoms with Crippen molar-refractivity contribution in [3.63, 3.8) is 0 Å². The van der Waals surface area contributed by atoms with Crippen molar-refractivity contribution >= 4 is 55.2 Å². The van der Waals surface area contributed by atoms with Gasteiger partial charge in [-0.1, -0.05) is 15.9 Å². The fraction of sp³-hybridized carbons (Fsp3) is 0.346. The van der Waals surface area contributed by atoms with Gasteiger partial charge in [-0.25, -0.2) is 14.4 Å². The monoisotopic (exact) mass is 526 g/mol. The number of halogens is 3. The van der Waals surface area contributed by atoms with E-state index in [0.29, 0.717) is 11.8 Å². The molecule has 1 unspecified atom stereocenters. The van der Waals surface area contributed by atoms with Crippen molar-refractivity contribution in [2.75, 3.05) is 5.32 Å². The van der Waals surface area contributed by atoms with Gasteiger partial charge in [-0.2, -0.15) is 0 Å². The van der Waals surface area contributed by atoms with E-state index >= 15 is 0 Å². The van der Waals surface area contributed by atoms with E-state index < -0.39 is 0 Å². The minimum absolute atomic E-state index is 0.199. The van der Waals surface area contributed by atoms with Crippen LogP contribution in [0.25, 0.3) is 21.8 Å². The smallest absolute Gasteiger partial charge is 0.224 e. The average Bonchev–Trinajstić information content (AvgIpc) is 2.78. The molecule has 0 spiro atoms. The van der Waals surface area contributed by atoms with Gasteiger partial charge in [0, 0.05) is 27.5 Å². The summed E-state index contributed by atoms with van der Waals surface area (Å²) < 4.78 is 14.8. The Balaban J connectivity index is 1.24. The highest BCUT2D eigenvalue weighted by atomic mass is 79.9. The molecule has 7 heteroatoms. The van der Waals surface area contributed by atoms with Crippen LogP contribution in [-0.2, 0) is 0 Å². The molecule has 33 heavy (non-hydrogen) atoms. The summed E-state index contributed by atoms with van der Waals surface area (Å²) in [7, 11) is 0. The van der Waals surface area contributed by atoms with Crippen LogP contribution in [0.4, 0.5) is 10.2 Å². The number of fused-ring (bicyclic) bond motifs is 2. The van der Waals surface area contributed by atoms with Gasteiger partial charge in [0.15, 0.2) is 0 Å². The number of hydrogen-bond acceptors (Lipinski definition) is 4. The summed E-state index contributed by atoms with van der Waals surface area (Å²) >= 11 is 9.66. The zero-order chi connectivity index (χ0) is 22.9. The number of benzene rings is 2. The topological polar surface area (TPSA) is 50.7 Å². The molecule has 1 aliphatic carbocycles. The van der Waals surface area contributed by atoms with Crippen LogP contribution in [0, 0.1) is 11.7 Å². The molecule has 0 amide bonds. The molecule has 4 nitrogen and oxygen atoms in total. The van der Waals surface area contributed by atoms with E-state index in [1.807, 2.05) is 24.4 Å². The van der Waals surface area contributed by atoms with Crippen molar-refractivity contribution in [1.29, 1.82) is 0 Å². The highest BCUT2D eigenvalue weighted by molar-refractivity contribution is 9.10. The molecule has 0 saturated heterocycles. The molecule has 0 radical (unpaired) electrons. The Morgan fingerprint density at radius 3 is 2.67 bits per heavy atom. The molecular weight excluding hydrogens is 503 g/mol. The Bertz CT molecular complexity index is 1300. The standard InChI is InChI=1S/C26H25BrClFN4/c1-15(31-25-21-8-6-18(27)13-24(21)32-26(28)33-25)12-16-2-4-17(5-3-16)20-10-11-30-23-9-7-19(29)14-22(20)23/h6-11,13-17H,2-5,12H2,1H3,(H,31,32,33)/t15?,16-,17+. The number of hydrogen-bond donors (Lipinski definition) is 1. The zero-order valence-corrected chi connectivity index (χ0v) is 20.7. The molecule has 0 aliphatic heterocycles. The maximum absolute atomic E-state index is 13.9. The fourth-order valence-electron chi connectivity index (χ4n) is 5.18. The summed E-state index contributed by atoms with van der Waals surface area (Å²) in [6.45, 7) is 2.20. The van der Waals surface area contributed by atoms with Gasteiger partial charge in [-0.15, -0.1) is 0 Å². The van der Waals surface area contributed by atoms with Crippen LogP contribution in [0.3, 0.4) is 0 Å². The second-order valence-electron chi connectivity index (χ2n) is 9.06. The Kier molecular flexibility index (Phi) is 6.48. The van der Waals surface area contributed by atoms with Crippen molar-refractivity contribution in [1.82, 2.24) is 15.0 Å². The third-order valence-corrected chi connectivity index (χ3v) is 7.39. The fourth-order valence-corrected chi connectivity index (χ4v) is 5.71. The number of aromatic nitrogens is 3. The van der Waals surface area contributed by atoms with Gasteiger partial charge in [-0.05, 0) is 110 Å². The number of nitrogens with zero attached hydrogens (tertiary/aromatic N) is 3. The molecule has 1 saturated carbocycles. The van der Waals surface area contributed by atoms with Crippen LogP contribution in [0.5, 0.6) is 0 Å². The van der Waals surface area contributed by atoms with Crippen molar-refractivity contribution < 1.29 is 4.39 Å². The third kappa shape index (κ3) is 4.97. The number of pyridine rings is 1. The van der Waals surface area contributed by atoms with E-state index in [9.17, 15) is 4.39 Å². The molecule has 1 N–H and O–H groups in total. The first-order chi connectivity index (χ1) is 16.0. The summed E-state index contributed by atoms with van der Waals surface area (Å²) in [4.78, 5) is 13.2. The second kappa shape index (κ2) is 9.51. The summed E-state index contributed by atoms with van der Waals surface area (Å²) in [6, 6.07) is 13.2. The lowest BCUT2D eigenvalue weighted by Gasteiger charge is -2.31. The minimum Gasteiger partial charge on any atom is -0.367 e. The summed E-state index contributed by atoms with van der Waals surface area (Å²) in [5, 5.41) is 5.73. The van der Waals surface area contributed by atoms with Gasteiger partial charge in [0.25, 0.3) is 0 Å². The normalized spacial score (nSPS) is 19.6. The first kappa shape index (κ1) is 22.5. The first-order valence-corrected chi connectivity index (χ1v) is 12.6. The minimum atomic E-state index is -0.199. The predicted octanol–water partition coefficient (Wildman–Crippen LogP) is 7.90. The summed E-state index contributed by atoms with van der Waals surface area (Å²) in [5.74, 6) is 1.69. The molecule has 5 rings (SSSR count). The molecule has 4 aromatic rings. The molecule has 1 atom stereocenters. The van der Waals surface area contributed by atoms with E-state index in [-0.39, 0.29) is 17.1 Å². The van der Waals surface area contributed by atoms with Crippen molar-refractivity contribution in [3.05, 3.63) is 69.8 Å². The molecule has 170 valence electrons. The average molecular weight is 528 g/mol. The van der Waals surface area contributed by atoms with Crippen LogP contribution in [0.15, 0.2) is 53.1 Å². The van der Waals surface area contributed by atoms with E-state index in [1.165, 1.54) is 11.6 Å². The third-order valence-electron chi connectivity index (χ3n) is 6.73. The lowest BCUT2D eigenvalue weighted by atomic mass is 9.76. The molecular formula is C26H25BrClFN4. The van der Waals surface area contributed by atoms with Crippen molar-refractivity contribution in [2.24, 2.45) is 5.92 Å². The van der Waals surface area contributed by atoms with E-state index in [2.05, 4.69) is 49.2 Å². The second-order valence-corrected chi connectivity index (χ2v) is 10.3. The van der Waals surface area contributed by atoms with Gasteiger partial charge >= 0.3 is 0 Å². The van der Waals surface area contributed by atoms with Crippen LogP contribution >= 0.6 is 27.5 Å².